The lowest BCUT2D eigenvalue weighted by molar-refractivity contribution is 0.154. The molecule has 1 atom stereocenters. The first-order valence-electron chi connectivity index (χ1n) is 9.97. The summed E-state index contributed by atoms with van der Waals surface area (Å²) >= 11 is 0. The molecular formula is C22H18F2N6O4. The number of hydrogen-bond donors (Lipinski definition) is 2. The molecule has 4 rings (SSSR count). The summed E-state index contributed by atoms with van der Waals surface area (Å²) < 4.78 is 40.8. The Hall–Kier alpha value is -4.58. The predicted octanol–water partition coefficient (Wildman–Crippen LogP) is 2.51. The Kier molecular flexibility index (Phi) is 5.82. The van der Waals surface area contributed by atoms with Gasteiger partial charge in [-0.3, -0.25) is 4.68 Å². The summed E-state index contributed by atoms with van der Waals surface area (Å²) in [4.78, 5) is 16.6. The van der Waals surface area contributed by atoms with E-state index in [4.69, 9.17) is 15.2 Å². The second-order valence-corrected chi connectivity index (χ2v) is 7.39. The van der Waals surface area contributed by atoms with Crippen LogP contribution in [0.15, 0.2) is 12.3 Å². The standard InChI is InChI=1S/C22H18F2N6O4/c1-33-15-7-16(34-2)19(24)13(18(15)23)3-4-14-17-20(11(8-25)9-27-21(17)26)30(28-14)12-5-6-29(10-12)22(31)32/h7,9,12H,5-6,10H2,1-2H3,(H2,26,27)(H,31,32)/t12-/m0/s1. The summed E-state index contributed by atoms with van der Waals surface area (Å²) in [5.74, 6) is 2.51. The van der Waals surface area contributed by atoms with Crippen molar-refractivity contribution in [2.24, 2.45) is 0 Å². The molecule has 0 saturated carbocycles. The number of aromatic nitrogens is 3. The van der Waals surface area contributed by atoms with Crippen molar-refractivity contribution < 1.29 is 28.2 Å². The summed E-state index contributed by atoms with van der Waals surface area (Å²) in [6.07, 6.45) is 0.654. The van der Waals surface area contributed by atoms with Crippen LogP contribution in [0.25, 0.3) is 10.9 Å². The highest BCUT2D eigenvalue weighted by Gasteiger charge is 2.31. The number of nitrogens with two attached hydrogens (primary N) is 1. The zero-order chi connectivity index (χ0) is 24.6. The van der Waals surface area contributed by atoms with E-state index in [0.717, 1.165) is 6.07 Å². The monoisotopic (exact) mass is 468 g/mol. The molecular weight excluding hydrogens is 450 g/mol. The zero-order valence-electron chi connectivity index (χ0n) is 18.1. The number of carbonyl (C=O) groups is 1. The van der Waals surface area contributed by atoms with Crippen molar-refractivity contribution in [3.8, 4) is 29.4 Å². The third-order valence-electron chi connectivity index (χ3n) is 5.53. The number of ether oxygens (including phenoxy) is 2. The van der Waals surface area contributed by atoms with E-state index in [9.17, 15) is 23.9 Å². The first-order valence-corrected chi connectivity index (χ1v) is 9.97. The fraction of sp³-hybridized carbons (Fsp3) is 0.273. The summed E-state index contributed by atoms with van der Waals surface area (Å²) in [6.45, 7) is 0.424. The molecule has 10 nitrogen and oxygen atoms in total. The molecule has 174 valence electrons. The summed E-state index contributed by atoms with van der Waals surface area (Å²) in [6, 6.07) is 2.69. The van der Waals surface area contributed by atoms with Gasteiger partial charge in [-0.2, -0.15) is 10.4 Å². The molecule has 0 spiro atoms. The van der Waals surface area contributed by atoms with Gasteiger partial charge in [0.2, 0.25) is 0 Å². The van der Waals surface area contributed by atoms with Crippen LogP contribution in [-0.4, -0.2) is 58.2 Å². The number of fused-ring (bicyclic) bond motifs is 1. The third kappa shape index (κ3) is 3.65. The first-order chi connectivity index (χ1) is 16.3. The number of likely N-dealkylation sites (tertiary alicyclic amines) is 1. The normalized spacial score (nSPS) is 15.0. The van der Waals surface area contributed by atoms with Crippen molar-refractivity contribution in [3.63, 3.8) is 0 Å². The Morgan fingerprint density at radius 1 is 1.26 bits per heavy atom. The van der Waals surface area contributed by atoms with Gasteiger partial charge in [-0.15, -0.1) is 0 Å². The number of rotatable bonds is 3. The van der Waals surface area contributed by atoms with Gasteiger partial charge < -0.3 is 25.2 Å². The van der Waals surface area contributed by atoms with Crippen molar-refractivity contribution in [2.45, 2.75) is 12.5 Å². The highest BCUT2D eigenvalue weighted by atomic mass is 19.1. The number of halogens is 2. The van der Waals surface area contributed by atoms with Gasteiger partial charge in [0.25, 0.3) is 0 Å². The van der Waals surface area contributed by atoms with Crippen molar-refractivity contribution in [1.29, 1.82) is 5.26 Å². The molecule has 34 heavy (non-hydrogen) atoms. The number of amides is 1. The second kappa shape index (κ2) is 8.75. The molecule has 2 aromatic heterocycles. The predicted molar refractivity (Wildman–Crippen MR) is 115 cm³/mol. The molecule has 3 aromatic rings. The summed E-state index contributed by atoms with van der Waals surface area (Å²) in [7, 11) is 2.44. The highest BCUT2D eigenvalue weighted by Crippen LogP contribution is 2.33. The van der Waals surface area contributed by atoms with Crippen LogP contribution in [0.5, 0.6) is 11.5 Å². The van der Waals surface area contributed by atoms with Crippen LogP contribution in [0.4, 0.5) is 19.4 Å². The van der Waals surface area contributed by atoms with Gasteiger partial charge in [-0.25, -0.2) is 18.6 Å². The maximum absolute atomic E-state index is 14.7. The average molecular weight is 468 g/mol. The zero-order valence-corrected chi connectivity index (χ0v) is 18.1. The van der Waals surface area contributed by atoms with Gasteiger partial charge in [-0.1, -0.05) is 5.92 Å². The van der Waals surface area contributed by atoms with Crippen LogP contribution >= 0.6 is 0 Å². The van der Waals surface area contributed by atoms with E-state index in [1.54, 1.807) is 0 Å². The van der Waals surface area contributed by atoms with Gasteiger partial charge in [0.1, 0.15) is 23.1 Å². The smallest absolute Gasteiger partial charge is 0.407 e. The number of hydrogen-bond acceptors (Lipinski definition) is 7. The van der Waals surface area contributed by atoms with Gasteiger partial charge in [0.15, 0.2) is 23.1 Å². The molecule has 1 amide bonds. The van der Waals surface area contributed by atoms with Crippen LogP contribution < -0.4 is 15.2 Å². The molecule has 1 aliphatic rings. The lowest BCUT2D eigenvalue weighted by Gasteiger charge is -2.14. The van der Waals surface area contributed by atoms with E-state index >= 15 is 0 Å². The fourth-order valence-electron chi connectivity index (χ4n) is 3.86. The SMILES string of the molecule is COc1cc(OC)c(F)c(C#Cc2nn([C@H]3CCN(C(=O)O)C3)c3c(C#N)cnc(N)c23)c1F. The second-order valence-electron chi connectivity index (χ2n) is 7.39. The fourth-order valence-corrected chi connectivity index (χ4v) is 3.86. The topological polar surface area (TPSA) is 140 Å². The highest BCUT2D eigenvalue weighted by molar-refractivity contribution is 5.96. The molecule has 1 fully saturated rings. The van der Waals surface area contributed by atoms with E-state index < -0.39 is 29.3 Å². The molecule has 1 aromatic carbocycles. The van der Waals surface area contributed by atoms with Crippen LogP contribution in [-0.2, 0) is 0 Å². The maximum atomic E-state index is 14.7. The number of carboxylic acid groups (broad SMARTS) is 1. The number of methoxy groups -OCH3 is 2. The summed E-state index contributed by atoms with van der Waals surface area (Å²) in [5, 5.41) is 23.6. The Morgan fingerprint density at radius 2 is 1.94 bits per heavy atom. The number of anilines is 1. The lowest BCUT2D eigenvalue weighted by Crippen LogP contribution is -2.27. The quantitative estimate of drug-likeness (QED) is 0.559. The van der Waals surface area contributed by atoms with E-state index in [2.05, 4.69) is 21.9 Å². The van der Waals surface area contributed by atoms with E-state index in [-0.39, 0.29) is 47.1 Å². The van der Waals surface area contributed by atoms with Gasteiger partial charge in [0.05, 0.1) is 36.7 Å². The average Bonchev–Trinajstić information content (AvgIpc) is 3.46. The number of nitriles is 1. The Bertz CT molecular complexity index is 1390. The Balaban J connectivity index is 1.91. The first kappa shape index (κ1) is 22.6. The molecule has 1 aliphatic heterocycles. The molecule has 0 bridgehead atoms. The van der Waals surface area contributed by atoms with Crippen molar-refractivity contribution >= 4 is 22.8 Å². The molecule has 0 aliphatic carbocycles. The molecule has 1 saturated heterocycles. The minimum atomic E-state index is -1.07. The minimum Gasteiger partial charge on any atom is -0.493 e. The summed E-state index contributed by atoms with van der Waals surface area (Å²) in [5.41, 5.74) is 5.96. The van der Waals surface area contributed by atoms with E-state index in [1.165, 1.54) is 30.0 Å². The minimum absolute atomic E-state index is 0.0156. The Labute approximate surface area is 192 Å². The third-order valence-corrected chi connectivity index (χ3v) is 5.53. The van der Waals surface area contributed by atoms with Gasteiger partial charge in [-0.05, 0) is 12.3 Å². The van der Waals surface area contributed by atoms with Crippen molar-refractivity contribution in [2.75, 3.05) is 33.0 Å². The number of nitrogens with zero attached hydrogens (tertiary/aromatic N) is 5. The molecule has 3 heterocycles. The van der Waals surface area contributed by atoms with Crippen LogP contribution in [0.2, 0.25) is 0 Å². The van der Waals surface area contributed by atoms with Crippen molar-refractivity contribution in [3.05, 3.63) is 40.7 Å². The lowest BCUT2D eigenvalue weighted by atomic mass is 10.1. The molecule has 0 radical (unpaired) electrons. The number of pyridine rings is 1. The van der Waals surface area contributed by atoms with E-state index in [0.29, 0.717) is 11.9 Å². The van der Waals surface area contributed by atoms with E-state index in [1.807, 2.05) is 6.07 Å². The number of benzene rings is 1. The number of nitrogen functional groups attached to an aromatic ring is 1. The molecule has 12 heteroatoms. The molecule has 3 N–H and O–H groups in total. The van der Waals surface area contributed by atoms with Gasteiger partial charge in [0, 0.05) is 25.4 Å². The van der Waals surface area contributed by atoms with Crippen LogP contribution in [0.1, 0.15) is 29.3 Å². The van der Waals surface area contributed by atoms with Gasteiger partial charge >= 0.3 is 6.09 Å². The van der Waals surface area contributed by atoms with Crippen LogP contribution in [0.3, 0.4) is 0 Å². The van der Waals surface area contributed by atoms with Crippen LogP contribution in [0, 0.1) is 34.8 Å². The Morgan fingerprint density at radius 3 is 2.50 bits per heavy atom. The maximum Gasteiger partial charge on any atom is 0.407 e. The molecule has 0 unspecified atom stereocenters. The largest absolute Gasteiger partial charge is 0.493 e. The van der Waals surface area contributed by atoms with Crippen molar-refractivity contribution in [1.82, 2.24) is 19.7 Å².